The summed E-state index contributed by atoms with van der Waals surface area (Å²) in [5.41, 5.74) is -0.511. The molecular weight excluding hydrogens is 468 g/mol. The van der Waals surface area contributed by atoms with Gasteiger partial charge in [-0.1, -0.05) is 86.6 Å². The second-order valence-corrected chi connectivity index (χ2v) is 7.45. The van der Waals surface area contributed by atoms with Crippen molar-refractivity contribution in [1.82, 2.24) is 10.6 Å². The van der Waals surface area contributed by atoms with E-state index in [1.165, 1.54) is 6.92 Å². The molecule has 196 valence electrons. The first-order chi connectivity index (χ1) is 16.5. The number of hydrogen-bond acceptors (Lipinski definition) is 6. The molecule has 0 aliphatic rings. The third-order valence-electron chi connectivity index (χ3n) is 2.82. The van der Waals surface area contributed by atoms with Crippen LogP contribution in [0.2, 0.25) is 0 Å². The van der Waals surface area contributed by atoms with Gasteiger partial charge in [0.1, 0.15) is 18.7 Å². The fourth-order valence-electron chi connectivity index (χ4n) is 1.57. The number of carbonyl (C=O) groups excluding carboxylic acids is 3. The van der Waals surface area contributed by atoms with Gasteiger partial charge < -0.3 is 20.5 Å². The van der Waals surface area contributed by atoms with Crippen molar-refractivity contribution in [3.63, 3.8) is 0 Å². The highest BCUT2D eigenvalue weighted by Gasteiger charge is 2.16. The highest BCUT2D eigenvalue weighted by molar-refractivity contribution is 7.81. The summed E-state index contributed by atoms with van der Waals surface area (Å²) in [6.07, 6.45) is 0. The molecule has 0 saturated carbocycles. The topological polar surface area (TPSA) is 122 Å². The Kier molecular flexibility index (Phi) is 26.2. The normalized spacial score (nSPS) is 8.77. The minimum absolute atomic E-state index is 0.0722. The SMILES string of the molecule is CC.CC(=O)NCC(=O)O.CC(C)(C)OC(=O)CNC(=O)CS.c1ccccc1.c1ccccc1. The molecule has 2 rings (SSSR count). The number of ether oxygens (including phenoxy) is 1. The summed E-state index contributed by atoms with van der Waals surface area (Å²) in [5, 5.41) is 12.4. The molecule has 0 heterocycles. The van der Waals surface area contributed by atoms with Crippen LogP contribution in [0.25, 0.3) is 0 Å². The number of hydrogen-bond donors (Lipinski definition) is 4. The molecular formula is C26H40N2O6S. The van der Waals surface area contributed by atoms with Crippen molar-refractivity contribution < 1.29 is 29.0 Å². The number of carbonyl (C=O) groups is 4. The molecule has 0 aliphatic heterocycles. The molecule has 0 fully saturated rings. The predicted octanol–water partition coefficient (Wildman–Crippen LogP) is 3.98. The fraction of sp³-hybridized carbons (Fsp3) is 0.385. The lowest BCUT2D eigenvalue weighted by atomic mass is 10.2. The van der Waals surface area contributed by atoms with E-state index in [1.54, 1.807) is 20.8 Å². The van der Waals surface area contributed by atoms with Crippen LogP contribution in [0.15, 0.2) is 72.8 Å². The zero-order chi connectivity index (χ0) is 27.5. The largest absolute Gasteiger partial charge is 0.480 e. The van der Waals surface area contributed by atoms with Gasteiger partial charge in [-0.15, -0.1) is 0 Å². The van der Waals surface area contributed by atoms with Gasteiger partial charge in [0.25, 0.3) is 0 Å². The van der Waals surface area contributed by atoms with E-state index in [1.807, 2.05) is 86.6 Å². The quantitative estimate of drug-likeness (QED) is 0.358. The second kappa shape index (κ2) is 25.3. The van der Waals surface area contributed by atoms with Crippen molar-refractivity contribution in [2.24, 2.45) is 0 Å². The molecule has 0 aromatic heterocycles. The zero-order valence-corrected chi connectivity index (χ0v) is 22.4. The van der Waals surface area contributed by atoms with Crippen molar-refractivity contribution in [2.45, 2.75) is 47.1 Å². The first-order valence-electron chi connectivity index (χ1n) is 11.0. The van der Waals surface area contributed by atoms with Crippen molar-refractivity contribution in [1.29, 1.82) is 0 Å². The van der Waals surface area contributed by atoms with Crippen LogP contribution in [0.4, 0.5) is 0 Å². The summed E-state index contributed by atoms with van der Waals surface area (Å²) in [6.45, 7) is 10.2. The van der Waals surface area contributed by atoms with E-state index in [4.69, 9.17) is 9.84 Å². The van der Waals surface area contributed by atoms with Crippen molar-refractivity contribution in [2.75, 3.05) is 18.8 Å². The molecule has 2 aromatic carbocycles. The van der Waals surface area contributed by atoms with Gasteiger partial charge in [0.15, 0.2) is 0 Å². The number of rotatable bonds is 5. The van der Waals surface area contributed by atoms with Gasteiger partial charge in [0.2, 0.25) is 11.8 Å². The molecule has 0 spiro atoms. The Morgan fingerprint density at radius 3 is 1.29 bits per heavy atom. The Hall–Kier alpha value is -3.33. The number of carboxylic acid groups (broad SMARTS) is 1. The smallest absolute Gasteiger partial charge is 0.325 e. The van der Waals surface area contributed by atoms with Gasteiger partial charge in [0, 0.05) is 6.92 Å². The van der Waals surface area contributed by atoms with Crippen LogP contribution in [-0.4, -0.2) is 53.3 Å². The number of benzene rings is 2. The van der Waals surface area contributed by atoms with E-state index in [0.29, 0.717) is 0 Å². The molecule has 0 atom stereocenters. The highest BCUT2D eigenvalue weighted by atomic mass is 32.1. The molecule has 3 N–H and O–H groups in total. The summed E-state index contributed by atoms with van der Waals surface area (Å²) >= 11 is 3.74. The Balaban J connectivity index is -0.000000400. The second-order valence-electron chi connectivity index (χ2n) is 7.13. The fourth-order valence-corrected chi connectivity index (χ4v) is 1.69. The predicted molar refractivity (Wildman–Crippen MR) is 143 cm³/mol. The molecule has 0 unspecified atom stereocenters. The first kappa shape index (κ1) is 36.2. The van der Waals surface area contributed by atoms with Crippen LogP contribution >= 0.6 is 12.6 Å². The van der Waals surface area contributed by atoms with E-state index in [0.717, 1.165) is 0 Å². The monoisotopic (exact) mass is 508 g/mol. The van der Waals surface area contributed by atoms with Crippen LogP contribution in [0.1, 0.15) is 41.5 Å². The average molecular weight is 509 g/mol. The maximum Gasteiger partial charge on any atom is 0.325 e. The van der Waals surface area contributed by atoms with Gasteiger partial charge in [-0.3, -0.25) is 19.2 Å². The molecule has 2 amide bonds. The lowest BCUT2D eigenvalue weighted by Gasteiger charge is -2.19. The van der Waals surface area contributed by atoms with E-state index in [-0.39, 0.29) is 30.7 Å². The van der Waals surface area contributed by atoms with E-state index >= 15 is 0 Å². The van der Waals surface area contributed by atoms with Crippen LogP contribution < -0.4 is 10.6 Å². The Morgan fingerprint density at radius 2 is 1.09 bits per heavy atom. The Labute approximate surface area is 214 Å². The standard InChI is InChI=1S/C8H15NO3S.2C6H6.C4H7NO3.C2H6/c1-8(2,3)12-7(11)4-9-6(10)5-13;2*1-2-4-6-5-3-1;1-3(6)5-2-4(7)8;1-2/h13H,4-5H2,1-3H3,(H,9,10);2*1-6H;2H2,1H3,(H,5,6)(H,7,8);1-2H3. The number of thiol groups is 1. The number of aliphatic carboxylic acids is 1. The maximum absolute atomic E-state index is 11.0. The third kappa shape index (κ3) is 38.3. The van der Waals surface area contributed by atoms with Crippen LogP contribution in [-0.2, 0) is 23.9 Å². The number of amides is 2. The average Bonchev–Trinajstić information content (AvgIpc) is 2.85. The molecule has 2 aromatic rings. The van der Waals surface area contributed by atoms with Crippen molar-refractivity contribution in [3.05, 3.63) is 72.8 Å². The van der Waals surface area contributed by atoms with Gasteiger partial charge >= 0.3 is 11.9 Å². The summed E-state index contributed by atoms with van der Waals surface area (Å²) in [5.74, 6) is -2.01. The first-order valence-corrected chi connectivity index (χ1v) is 11.7. The summed E-state index contributed by atoms with van der Waals surface area (Å²) in [7, 11) is 0. The van der Waals surface area contributed by atoms with Gasteiger partial charge in [0.05, 0.1) is 5.75 Å². The van der Waals surface area contributed by atoms with Crippen molar-refractivity contribution >= 4 is 36.4 Å². The zero-order valence-electron chi connectivity index (χ0n) is 21.5. The summed E-state index contributed by atoms with van der Waals surface area (Å²) < 4.78 is 4.95. The molecule has 0 aliphatic carbocycles. The van der Waals surface area contributed by atoms with Crippen molar-refractivity contribution in [3.8, 4) is 0 Å². The van der Waals surface area contributed by atoms with Crippen LogP contribution in [0.3, 0.4) is 0 Å². The molecule has 35 heavy (non-hydrogen) atoms. The molecule has 0 radical (unpaired) electrons. The lowest BCUT2D eigenvalue weighted by molar-refractivity contribution is -0.154. The van der Waals surface area contributed by atoms with E-state index in [2.05, 4.69) is 23.3 Å². The Bertz CT molecular complexity index is 683. The minimum atomic E-state index is -1.03. The van der Waals surface area contributed by atoms with Crippen LogP contribution in [0.5, 0.6) is 0 Å². The van der Waals surface area contributed by atoms with Gasteiger partial charge in [-0.2, -0.15) is 12.6 Å². The lowest BCUT2D eigenvalue weighted by Crippen LogP contribution is -2.35. The Morgan fingerprint density at radius 1 is 0.743 bits per heavy atom. The third-order valence-corrected chi connectivity index (χ3v) is 3.10. The summed E-state index contributed by atoms with van der Waals surface area (Å²) in [4.78, 5) is 41.4. The van der Waals surface area contributed by atoms with E-state index in [9.17, 15) is 19.2 Å². The number of esters is 1. The van der Waals surface area contributed by atoms with Gasteiger partial charge in [-0.05, 0) is 20.8 Å². The number of carboxylic acids is 1. The molecule has 8 nitrogen and oxygen atoms in total. The van der Waals surface area contributed by atoms with E-state index < -0.39 is 17.5 Å². The molecule has 0 saturated heterocycles. The maximum atomic E-state index is 11.0. The molecule has 0 bridgehead atoms. The summed E-state index contributed by atoms with van der Waals surface area (Å²) in [6, 6.07) is 24.0. The van der Waals surface area contributed by atoms with Crippen LogP contribution in [0, 0.1) is 0 Å². The number of nitrogens with one attached hydrogen (secondary N) is 2. The van der Waals surface area contributed by atoms with Gasteiger partial charge in [-0.25, -0.2) is 0 Å². The minimum Gasteiger partial charge on any atom is -0.480 e. The highest BCUT2D eigenvalue weighted by Crippen LogP contribution is 2.06. The molecule has 9 heteroatoms.